The number of aromatic nitrogens is 2. The van der Waals surface area contributed by atoms with Gasteiger partial charge in [0.2, 0.25) is 5.95 Å². The van der Waals surface area contributed by atoms with Crippen molar-refractivity contribution < 1.29 is 13.2 Å². The van der Waals surface area contributed by atoms with E-state index < -0.39 is 9.84 Å². The molecule has 2 fully saturated rings. The van der Waals surface area contributed by atoms with Crippen molar-refractivity contribution in [3.05, 3.63) is 18.5 Å². The molecular weight excluding hydrogens is 316 g/mol. The minimum absolute atomic E-state index is 0.216. The second kappa shape index (κ2) is 7.11. The van der Waals surface area contributed by atoms with Crippen molar-refractivity contribution in [3.8, 4) is 0 Å². The van der Waals surface area contributed by atoms with E-state index in [2.05, 4.69) is 20.2 Å². The largest absolute Gasteiger partial charge is 0.376 e. The molecule has 8 heteroatoms. The Morgan fingerprint density at radius 2 is 2.13 bits per heavy atom. The molecule has 0 radical (unpaired) electrons. The van der Waals surface area contributed by atoms with Crippen LogP contribution in [0.4, 0.5) is 5.95 Å². The molecule has 1 aromatic rings. The summed E-state index contributed by atoms with van der Waals surface area (Å²) in [5.74, 6) is 1.96. The maximum Gasteiger partial charge on any atom is 0.222 e. The standard InChI is InChI=1S/C15H24N4O3S/c1-2-23(20,21)7-6-19-9-13-12(11-22-14(13)10-19)8-18-15-16-4-3-5-17-15/h3-5,12-14H,2,6-11H2,1H3,(H,16,17,18)/t12-,13+,14+/m1/s1. The highest BCUT2D eigenvalue weighted by atomic mass is 32.2. The predicted octanol–water partition coefficient (Wildman–Crippen LogP) is 0.270. The average molecular weight is 340 g/mol. The SMILES string of the molecule is CCS(=O)(=O)CCN1C[C@H]2[C@H](CNc3ncccn3)CO[C@H]2C1. The van der Waals surface area contributed by atoms with Gasteiger partial charge in [0, 0.05) is 56.2 Å². The van der Waals surface area contributed by atoms with Crippen LogP contribution in [-0.2, 0) is 14.6 Å². The molecule has 23 heavy (non-hydrogen) atoms. The summed E-state index contributed by atoms with van der Waals surface area (Å²) in [6.07, 6.45) is 3.66. The Balaban J connectivity index is 1.49. The van der Waals surface area contributed by atoms with Gasteiger partial charge in [-0.2, -0.15) is 0 Å². The van der Waals surface area contributed by atoms with Crippen molar-refractivity contribution in [1.82, 2.24) is 14.9 Å². The maximum absolute atomic E-state index is 11.6. The average Bonchev–Trinajstić information content (AvgIpc) is 3.13. The highest BCUT2D eigenvalue weighted by Crippen LogP contribution is 2.33. The van der Waals surface area contributed by atoms with E-state index in [1.54, 1.807) is 25.4 Å². The van der Waals surface area contributed by atoms with Crippen LogP contribution in [0.15, 0.2) is 18.5 Å². The minimum atomic E-state index is -2.90. The van der Waals surface area contributed by atoms with Crippen LogP contribution in [0.3, 0.4) is 0 Å². The Labute approximate surface area is 137 Å². The first-order valence-electron chi connectivity index (χ1n) is 8.12. The molecule has 3 heterocycles. The maximum atomic E-state index is 11.6. The first kappa shape index (κ1) is 16.6. The Bertz CT molecular complexity index is 610. The van der Waals surface area contributed by atoms with Crippen LogP contribution in [0.2, 0.25) is 0 Å². The molecule has 3 atom stereocenters. The zero-order valence-electron chi connectivity index (χ0n) is 13.4. The van der Waals surface area contributed by atoms with Crippen molar-refractivity contribution in [3.63, 3.8) is 0 Å². The normalized spacial score (nSPS) is 28.0. The van der Waals surface area contributed by atoms with Crippen LogP contribution in [0, 0.1) is 11.8 Å². The van der Waals surface area contributed by atoms with Crippen molar-refractivity contribution in [2.75, 3.05) is 49.6 Å². The van der Waals surface area contributed by atoms with Crippen LogP contribution in [-0.4, -0.2) is 73.7 Å². The second-order valence-electron chi connectivity index (χ2n) is 6.24. The highest BCUT2D eigenvalue weighted by molar-refractivity contribution is 7.91. The summed E-state index contributed by atoms with van der Waals surface area (Å²) in [6.45, 7) is 5.58. The minimum Gasteiger partial charge on any atom is -0.376 e. The van der Waals surface area contributed by atoms with E-state index >= 15 is 0 Å². The van der Waals surface area contributed by atoms with Crippen molar-refractivity contribution in [1.29, 1.82) is 0 Å². The fourth-order valence-corrected chi connectivity index (χ4v) is 4.12. The van der Waals surface area contributed by atoms with Gasteiger partial charge in [0.15, 0.2) is 9.84 Å². The first-order valence-corrected chi connectivity index (χ1v) is 9.95. The zero-order valence-corrected chi connectivity index (χ0v) is 14.2. The molecule has 3 rings (SSSR count). The Hall–Kier alpha value is -1.25. The van der Waals surface area contributed by atoms with Gasteiger partial charge < -0.3 is 10.1 Å². The Morgan fingerprint density at radius 1 is 1.35 bits per heavy atom. The van der Waals surface area contributed by atoms with E-state index in [-0.39, 0.29) is 17.6 Å². The van der Waals surface area contributed by atoms with Gasteiger partial charge in [-0.25, -0.2) is 18.4 Å². The van der Waals surface area contributed by atoms with Gasteiger partial charge in [0.05, 0.1) is 18.5 Å². The third kappa shape index (κ3) is 4.19. The molecule has 2 aliphatic rings. The molecule has 0 unspecified atom stereocenters. The van der Waals surface area contributed by atoms with E-state index in [4.69, 9.17) is 4.74 Å². The Kier molecular flexibility index (Phi) is 5.13. The number of hydrogen-bond donors (Lipinski definition) is 1. The van der Waals surface area contributed by atoms with Crippen LogP contribution in [0.5, 0.6) is 0 Å². The molecule has 2 aliphatic heterocycles. The number of anilines is 1. The summed E-state index contributed by atoms with van der Waals surface area (Å²) in [6, 6.07) is 1.79. The van der Waals surface area contributed by atoms with Gasteiger partial charge in [-0.15, -0.1) is 0 Å². The number of likely N-dealkylation sites (tertiary alicyclic amines) is 1. The third-order valence-corrected chi connectivity index (χ3v) is 6.45. The zero-order chi connectivity index (χ0) is 16.3. The number of nitrogens with zero attached hydrogens (tertiary/aromatic N) is 3. The number of rotatable bonds is 7. The molecule has 0 spiro atoms. The third-order valence-electron chi connectivity index (χ3n) is 4.76. The van der Waals surface area contributed by atoms with Crippen LogP contribution < -0.4 is 5.32 Å². The van der Waals surface area contributed by atoms with Gasteiger partial charge >= 0.3 is 0 Å². The van der Waals surface area contributed by atoms with E-state index in [9.17, 15) is 8.42 Å². The molecule has 0 saturated carbocycles. The molecule has 2 saturated heterocycles. The molecule has 1 aromatic heterocycles. The van der Waals surface area contributed by atoms with E-state index in [0.29, 0.717) is 24.3 Å². The number of ether oxygens (including phenoxy) is 1. The molecule has 0 amide bonds. The lowest BCUT2D eigenvalue weighted by Gasteiger charge is -2.19. The van der Waals surface area contributed by atoms with E-state index in [0.717, 1.165) is 26.2 Å². The molecule has 1 N–H and O–H groups in total. The van der Waals surface area contributed by atoms with Crippen LogP contribution >= 0.6 is 0 Å². The highest BCUT2D eigenvalue weighted by Gasteiger charge is 2.43. The lowest BCUT2D eigenvalue weighted by molar-refractivity contribution is 0.0965. The van der Waals surface area contributed by atoms with Gasteiger partial charge in [0.1, 0.15) is 0 Å². The molecule has 0 aliphatic carbocycles. The number of nitrogens with one attached hydrogen (secondary N) is 1. The topological polar surface area (TPSA) is 84.4 Å². The summed E-state index contributed by atoms with van der Waals surface area (Å²) in [7, 11) is -2.90. The fraction of sp³-hybridized carbons (Fsp3) is 0.733. The van der Waals surface area contributed by atoms with Crippen molar-refractivity contribution >= 4 is 15.8 Å². The molecular formula is C15H24N4O3S. The summed E-state index contributed by atoms with van der Waals surface area (Å²) in [5.41, 5.74) is 0. The summed E-state index contributed by atoms with van der Waals surface area (Å²) < 4.78 is 29.2. The molecule has 128 valence electrons. The number of hydrogen-bond acceptors (Lipinski definition) is 7. The first-order chi connectivity index (χ1) is 11.1. The van der Waals surface area contributed by atoms with Gasteiger partial charge in [0.25, 0.3) is 0 Å². The summed E-state index contributed by atoms with van der Waals surface area (Å²) >= 11 is 0. The van der Waals surface area contributed by atoms with Gasteiger partial charge in [-0.1, -0.05) is 6.92 Å². The Morgan fingerprint density at radius 3 is 2.87 bits per heavy atom. The smallest absolute Gasteiger partial charge is 0.222 e. The number of sulfone groups is 1. The van der Waals surface area contributed by atoms with Crippen molar-refractivity contribution in [2.45, 2.75) is 13.0 Å². The number of fused-ring (bicyclic) bond motifs is 1. The van der Waals surface area contributed by atoms with E-state index in [1.165, 1.54) is 0 Å². The van der Waals surface area contributed by atoms with Crippen LogP contribution in [0.1, 0.15) is 6.92 Å². The molecule has 7 nitrogen and oxygen atoms in total. The second-order valence-corrected chi connectivity index (χ2v) is 8.72. The molecule has 0 bridgehead atoms. The molecule has 0 aromatic carbocycles. The van der Waals surface area contributed by atoms with Crippen LogP contribution in [0.25, 0.3) is 0 Å². The quantitative estimate of drug-likeness (QED) is 0.762. The predicted molar refractivity (Wildman–Crippen MR) is 88.0 cm³/mol. The summed E-state index contributed by atoms with van der Waals surface area (Å²) in [5, 5.41) is 3.26. The van der Waals surface area contributed by atoms with Crippen molar-refractivity contribution in [2.24, 2.45) is 11.8 Å². The lowest BCUT2D eigenvalue weighted by Crippen LogP contribution is -2.31. The van der Waals surface area contributed by atoms with Gasteiger partial charge in [-0.3, -0.25) is 4.90 Å². The lowest BCUT2D eigenvalue weighted by atomic mass is 9.93. The van der Waals surface area contributed by atoms with Gasteiger partial charge in [-0.05, 0) is 6.07 Å². The monoisotopic (exact) mass is 340 g/mol. The van der Waals surface area contributed by atoms with E-state index in [1.807, 2.05) is 0 Å². The summed E-state index contributed by atoms with van der Waals surface area (Å²) in [4.78, 5) is 10.5. The fourth-order valence-electron chi connectivity index (χ4n) is 3.30.